The smallest absolute Gasteiger partial charge is 0.270 e. The van der Waals surface area contributed by atoms with Crippen molar-refractivity contribution >= 4 is 16.8 Å². The largest absolute Gasteiger partial charge is 0.335 e. The van der Waals surface area contributed by atoms with Crippen LogP contribution in [0.25, 0.3) is 10.9 Å². The fraction of sp³-hybridized carbons (Fsp3) is 0.450. The van der Waals surface area contributed by atoms with E-state index in [1.807, 2.05) is 11.0 Å². The van der Waals surface area contributed by atoms with Gasteiger partial charge in [-0.2, -0.15) is 0 Å². The van der Waals surface area contributed by atoms with Crippen molar-refractivity contribution in [3.63, 3.8) is 0 Å². The molecule has 2 heterocycles. The molecular formula is C20H27N3O. The van der Waals surface area contributed by atoms with Crippen LogP contribution in [0, 0.1) is 6.92 Å². The van der Waals surface area contributed by atoms with Gasteiger partial charge in [0.05, 0.1) is 0 Å². The molecule has 1 aromatic carbocycles. The predicted molar refractivity (Wildman–Crippen MR) is 99.7 cm³/mol. The molecular weight excluding hydrogens is 298 g/mol. The van der Waals surface area contributed by atoms with Crippen LogP contribution < -0.4 is 5.32 Å². The van der Waals surface area contributed by atoms with E-state index < -0.39 is 0 Å². The average Bonchev–Trinajstić information content (AvgIpc) is 2.87. The molecule has 0 radical (unpaired) electrons. The first-order valence-corrected chi connectivity index (χ1v) is 8.78. The minimum Gasteiger partial charge on any atom is -0.335 e. The van der Waals surface area contributed by atoms with Crippen LogP contribution in [0.3, 0.4) is 0 Å². The number of benzene rings is 1. The Balaban J connectivity index is 2.14. The van der Waals surface area contributed by atoms with E-state index in [0.29, 0.717) is 12.5 Å². The van der Waals surface area contributed by atoms with Crippen molar-refractivity contribution in [2.45, 2.75) is 33.2 Å². The van der Waals surface area contributed by atoms with E-state index in [1.54, 1.807) is 0 Å². The summed E-state index contributed by atoms with van der Waals surface area (Å²) in [6, 6.07) is 6.56. The van der Waals surface area contributed by atoms with Crippen molar-refractivity contribution < 1.29 is 4.79 Å². The maximum atomic E-state index is 13.1. The number of amides is 1. The molecule has 1 fully saturated rings. The lowest BCUT2D eigenvalue weighted by Gasteiger charge is -2.28. The van der Waals surface area contributed by atoms with Crippen LogP contribution in [-0.4, -0.2) is 41.6 Å². The van der Waals surface area contributed by atoms with Crippen LogP contribution in [0.5, 0.6) is 0 Å². The van der Waals surface area contributed by atoms with Gasteiger partial charge in [-0.05, 0) is 36.1 Å². The molecule has 0 spiro atoms. The summed E-state index contributed by atoms with van der Waals surface area (Å²) in [6.07, 6.45) is 1.86. The molecule has 24 heavy (non-hydrogen) atoms. The number of nitrogens with one attached hydrogen (secondary N) is 1. The number of rotatable bonds is 4. The number of hydrogen-bond donors (Lipinski definition) is 1. The Morgan fingerprint density at radius 1 is 1.33 bits per heavy atom. The topological polar surface area (TPSA) is 37.3 Å². The van der Waals surface area contributed by atoms with Crippen molar-refractivity contribution in [1.29, 1.82) is 0 Å². The zero-order valence-electron chi connectivity index (χ0n) is 14.9. The molecule has 1 N–H and O–H groups in total. The van der Waals surface area contributed by atoms with Gasteiger partial charge in [-0.3, -0.25) is 4.79 Å². The summed E-state index contributed by atoms with van der Waals surface area (Å²) in [4.78, 5) is 15.1. The summed E-state index contributed by atoms with van der Waals surface area (Å²) < 4.78 is 2.12. The molecule has 1 aliphatic rings. The van der Waals surface area contributed by atoms with E-state index in [0.717, 1.165) is 43.0 Å². The van der Waals surface area contributed by atoms with Crippen molar-refractivity contribution in [3.8, 4) is 0 Å². The molecule has 0 saturated carbocycles. The maximum absolute atomic E-state index is 13.1. The summed E-state index contributed by atoms with van der Waals surface area (Å²) in [5.41, 5.74) is 4.32. The summed E-state index contributed by atoms with van der Waals surface area (Å²) >= 11 is 0. The molecule has 2 aromatic rings. The maximum Gasteiger partial charge on any atom is 0.270 e. The first kappa shape index (κ1) is 16.8. The van der Waals surface area contributed by atoms with Crippen LogP contribution in [0.1, 0.15) is 41.4 Å². The Hall–Kier alpha value is -2.07. The number of carbonyl (C=O) groups is 1. The second kappa shape index (κ2) is 6.81. The predicted octanol–water partition coefficient (Wildman–Crippen LogP) is 3.30. The summed E-state index contributed by atoms with van der Waals surface area (Å²) in [7, 11) is 0. The highest BCUT2D eigenvalue weighted by Crippen LogP contribution is 2.30. The summed E-state index contributed by atoms with van der Waals surface area (Å²) in [5, 5.41) is 4.49. The Morgan fingerprint density at radius 3 is 2.67 bits per heavy atom. The van der Waals surface area contributed by atoms with E-state index >= 15 is 0 Å². The number of carbonyl (C=O) groups excluding carboxylic acids is 1. The van der Waals surface area contributed by atoms with Crippen LogP contribution >= 0.6 is 0 Å². The van der Waals surface area contributed by atoms with E-state index in [9.17, 15) is 4.79 Å². The molecule has 4 nitrogen and oxygen atoms in total. The van der Waals surface area contributed by atoms with Crippen LogP contribution in [0.15, 0.2) is 30.9 Å². The Bertz CT molecular complexity index is 767. The lowest BCUT2D eigenvalue weighted by atomic mass is 10.0. The van der Waals surface area contributed by atoms with E-state index in [2.05, 4.69) is 55.4 Å². The van der Waals surface area contributed by atoms with Crippen molar-refractivity contribution in [1.82, 2.24) is 14.8 Å². The fourth-order valence-electron chi connectivity index (χ4n) is 3.51. The van der Waals surface area contributed by atoms with Gasteiger partial charge in [0.15, 0.2) is 0 Å². The highest BCUT2D eigenvalue weighted by Gasteiger charge is 2.25. The zero-order valence-corrected chi connectivity index (χ0v) is 14.9. The Morgan fingerprint density at radius 2 is 2.04 bits per heavy atom. The molecule has 0 unspecified atom stereocenters. The van der Waals surface area contributed by atoms with Gasteiger partial charge in [-0.15, -0.1) is 6.58 Å². The number of allylic oxidation sites excluding steroid dienone is 1. The molecule has 1 aromatic heterocycles. The van der Waals surface area contributed by atoms with E-state index in [-0.39, 0.29) is 5.91 Å². The third-order valence-electron chi connectivity index (χ3n) is 4.93. The Kier molecular flexibility index (Phi) is 4.76. The van der Waals surface area contributed by atoms with E-state index in [1.165, 1.54) is 10.9 Å². The minimum atomic E-state index is 0.137. The first-order valence-electron chi connectivity index (χ1n) is 8.78. The molecule has 128 valence electrons. The van der Waals surface area contributed by atoms with Gasteiger partial charge in [0.1, 0.15) is 5.69 Å². The lowest BCUT2D eigenvalue weighted by molar-refractivity contribution is 0.0725. The molecule has 4 heteroatoms. The standard InChI is InChI=1S/C20H27N3O/c1-5-10-23-18-7-6-16(14(2)3)13-17(18)15(4)19(23)20(24)22-11-8-21-9-12-22/h5-7,13-14,21H,1,8-12H2,2-4H3. The van der Waals surface area contributed by atoms with Crippen LogP contribution in [0.4, 0.5) is 0 Å². The number of piperazine rings is 1. The van der Waals surface area contributed by atoms with Crippen molar-refractivity contribution in [2.24, 2.45) is 0 Å². The van der Waals surface area contributed by atoms with Crippen LogP contribution in [0.2, 0.25) is 0 Å². The molecule has 1 saturated heterocycles. The second-order valence-corrected chi connectivity index (χ2v) is 6.85. The fourth-order valence-corrected chi connectivity index (χ4v) is 3.51. The number of aryl methyl sites for hydroxylation is 1. The first-order chi connectivity index (χ1) is 11.5. The highest BCUT2D eigenvalue weighted by atomic mass is 16.2. The number of fused-ring (bicyclic) bond motifs is 1. The summed E-state index contributed by atoms with van der Waals surface area (Å²) in [5.74, 6) is 0.613. The van der Waals surface area contributed by atoms with Gasteiger partial charge < -0.3 is 14.8 Å². The van der Waals surface area contributed by atoms with Gasteiger partial charge in [-0.1, -0.05) is 26.0 Å². The number of aromatic nitrogens is 1. The molecule has 1 aliphatic heterocycles. The third-order valence-corrected chi connectivity index (χ3v) is 4.93. The normalized spacial score (nSPS) is 15.2. The quantitative estimate of drug-likeness (QED) is 0.876. The van der Waals surface area contributed by atoms with Gasteiger partial charge in [0.25, 0.3) is 5.91 Å². The SMILES string of the molecule is C=CCn1c(C(=O)N2CCNCC2)c(C)c2cc(C(C)C)ccc21. The molecule has 0 atom stereocenters. The minimum absolute atomic E-state index is 0.137. The molecule has 1 amide bonds. The summed E-state index contributed by atoms with van der Waals surface area (Å²) in [6.45, 7) is 14.3. The average molecular weight is 325 g/mol. The van der Waals surface area contributed by atoms with Gasteiger partial charge in [0, 0.05) is 43.6 Å². The number of nitrogens with zero attached hydrogens (tertiary/aromatic N) is 2. The lowest BCUT2D eigenvalue weighted by Crippen LogP contribution is -2.47. The third kappa shape index (κ3) is 2.86. The Labute approximate surface area is 144 Å². The zero-order chi connectivity index (χ0) is 17.3. The van der Waals surface area contributed by atoms with Crippen LogP contribution in [-0.2, 0) is 6.54 Å². The van der Waals surface area contributed by atoms with Gasteiger partial charge >= 0.3 is 0 Å². The highest BCUT2D eigenvalue weighted by molar-refractivity contribution is 6.02. The number of hydrogen-bond acceptors (Lipinski definition) is 2. The van der Waals surface area contributed by atoms with Crippen molar-refractivity contribution in [2.75, 3.05) is 26.2 Å². The van der Waals surface area contributed by atoms with Crippen molar-refractivity contribution in [3.05, 3.63) is 47.7 Å². The monoisotopic (exact) mass is 325 g/mol. The molecule has 3 rings (SSSR count). The molecule has 0 bridgehead atoms. The van der Waals surface area contributed by atoms with Gasteiger partial charge in [-0.25, -0.2) is 0 Å². The second-order valence-electron chi connectivity index (χ2n) is 6.85. The van der Waals surface area contributed by atoms with E-state index in [4.69, 9.17) is 0 Å². The van der Waals surface area contributed by atoms with Gasteiger partial charge in [0.2, 0.25) is 0 Å². The molecule has 0 aliphatic carbocycles.